The highest BCUT2D eigenvalue weighted by Gasteiger charge is 2.69. The lowest BCUT2D eigenvalue weighted by Crippen LogP contribution is -2.21. The SMILES string of the molecule is CC1(C(=O)OCc2c(Cl)cccc2Cl)CC1(Cl)Cl. The molecule has 1 unspecified atom stereocenters. The van der Waals surface area contributed by atoms with E-state index < -0.39 is 15.7 Å². The Bertz CT molecular complexity index is 481. The minimum Gasteiger partial charge on any atom is -0.460 e. The van der Waals surface area contributed by atoms with Gasteiger partial charge in [-0.3, -0.25) is 4.79 Å². The predicted octanol–water partition coefficient (Wildman–Crippen LogP) is 4.62. The van der Waals surface area contributed by atoms with Crippen molar-refractivity contribution in [3.05, 3.63) is 33.8 Å². The van der Waals surface area contributed by atoms with Crippen LogP contribution in [0.5, 0.6) is 0 Å². The van der Waals surface area contributed by atoms with Crippen LogP contribution < -0.4 is 0 Å². The van der Waals surface area contributed by atoms with Crippen molar-refractivity contribution in [2.24, 2.45) is 5.41 Å². The van der Waals surface area contributed by atoms with Crippen LogP contribution in [0, 0.1) is 5.41 Å². The first-order chi connectivity index (χ1) is 8.28. The van der Waals surface area contributed by atoms with E-state index in [0.717, 1.165) is 0 Å². The lowest BCUT2D eigenvalue weighted by molar-refractivity contribution is -0.150. The molecule has 0 amide bonds. The van der Waals surface area contributed by atoms with E-state index in [4.69, 9.17) is 51.1 Å². The van der Waals surface area contributed by atoms with Gasteiger partial charge in [-0.25, -0.2) is 0 Å². The summed E-state index contributed by atoms with van der Waals surface area (Å²) in [5, 5.41) is 0.915. The van der Waals surface area contributed by atoms with Gasteiger partial charge in [0.15, 0.2) is 0 Å². The molecule has 0 heterocycles. The van der Waals surface area contributed by atoms with Gasteiger partial charge < -0.3 is 4.74 Å². The number of carbonyl (C=O) groups is 1. The molecule has 0 radical (unpaired) electrons. The maximum Gasteiger partial charge on any atom is 0.315 e. The van der Waals surface area contributed by atoms with E-state index in [9.17, 15) is 4.79 Å². The molecule has 0 saturated heterocycles. The van der Waals surface area contributed by atoms with Crippen LogP contribution in [-0.2, 0) is 16.1 Å². The molecule has 1 fully saturated rings. The van der Waals surface area contributed by atoms with Gasteiger partial charge in [-0.15, -0.1) is 23.2 Å². The minimum absolute atomic E-state index is 0.0107. The number of esters is 1. The molecule has 1 aromatic carbocycles. The fraction of sp³-hybridized carbons (Fsp3) is 0.417. The third-order valence-corrected chi connectivity index (χ3v) is 4.93. The summed E-state index contributed by atoms with van der Waals surface area (Å²) >= 11 is 23.7. The third kappa shape index (κ3) is 2.44. The van der Waals surface area contributed by atoms with Crippen LogP contribution in [0.1, 0.15) is 18.9 Å². The zero-order valence-corrected chi connectivity index (χ0v) is 12.5. The molecule has 2 rings (SSSR count). The summed E-state index contributed by atoms with van der Waals surface area (Å²) in [6.45, 7) is 1.68. The molecule has 1 aliphatic rings. The summed E-state index contributed by atoms with van der Waals surface area (Å²) < 4.78 is 4.14. The third-order valence-electron chi connectivity index (χ3n) is 3.12. The lowest BCUT2D eigenvalue weighted by Gasteiger charge is -2.13. The summed E-state index contributed by atoms with van der Waals surface area (Å²) in [5.74, 6) is -0.441. The zero-order valence-electron chi connectivity index (χ0n) is 9.47. The molecule has 1 saturated carbocycles. The molecule has 0 aromatic heterocycles. The Labute approximate surface area is 125 Å². The van der Waals surface area contributed by atoms with Gasteiger partial charge in [0.05, 0.1) is 0 Å². The number of halogens is 4. The normalized spacial score (nSPS) is 24.7. The second-order valence-corrected chi connectivity index (χ2v) is 6.79. The van der Waals surface area contributed by atoms with Crippen LogP contribution in [0.2, 0.25) is 10.0 Å². The molecule has 1 aromatic rings. The van der Waals surface area contributed by atoms with Gasteiger partial charge in [0.2, 0.25) is 0 Å². The summed E-state index contributed by atoms with van der Waals surface area (Å²) in [6.07, 6.45) is 0.387. The first kappa shape index (κ1) is 14.3. The van der Waals surface area contributed by atoms with Gasteiger partial charge >= 0.3 is 5.97 Å². The molecule has 18 heavy (non-hydrogen) atoms. The Kier molecular flexibility index (Phi) is 3.76. The topological polar surface area (TPSA) is 26.3 Å². The van der Waals surface area contributed by atoms with Gasteiger partial charge in [0.1, 0.15) is 16.4 Å². The van der Waals surface area contributed by atoms with E-state index in [2.05, 4.69) is 0 Å². The van der Waals surface area contributed by atoms with Crippen LogP contribution >= 0.6 is 46.4 Å². The predicted molar refractivity (Wildman–Crippen MR) is 73.4 cm³/mol. The van der Waals surface area contributed by atoms with Gasteiger partial charge in [-0.05, 0) is 19.1 Å². The lowest BCUT2D eigenvalue weighted by atomic mass is 10.1. The molecule has 0 N–H and O–H groups in total. The highest BCUT2D eigenvalue weighted by atomic mass is 35.5. The van der Waals surface area contributed by atoms with Crippen molar-refractivity contribution in [3.8, 4) is 0 Å². The molecule has 6 heteroatoms. The molecule has 98 valence electrons. The highest BCUT2D eigenvalue weighted by molar-refractivity contribution is 6.53. The fourth-order valence-electron chi connectivity index (χ4n) is 1.59. The Hall–Kier alpha value is -0.150. The molecule has 1 atom stereocenters. The fourth-order valence-corrected chi connectivity index (χ4v) is 2.78. The monoisotopic (exact) mass is 326 g/mol. The summed E-state index contributed by atoms with van der Waals surface area (Å²) in [5.41, 5.74) is -0.266. The van der Waals surface area contributed by atoms with E-state index in [-0.39, 0.29) is 6.61 Å². The molecular formula is C12H10Cl4O2. The summed E-state index contributed by atoms with van der Waals surface area (Å²) in [6, 6.07) is 5.09. The van der Waals surface area contributed by atoms with Crippen molar-refractivity contribution < 1.29 is 9.53 Å². The van der Waals surface area contributed by atoms with Crippen LogP contribution in [0.15, 0.2) is 18.2 Å². The van der Waals surface area contributed by atoms with E-state index >= 15 is 0 Å². The van der Waals surface area contributed by atoms with Crippen molar-refractivity contribution in [1.29, 1.82) is 0 Å². The molecule has 0 spiro atoms. The zero-order chi connectivity index (χ0) is 13.6. The summed E-state index contributed by atoms with van der Waals surface area (Å²) in [7, 11) is 0. The number of rotatable bonds is 3. The maximum atomic E-state index is 11.9. The van der Waals surface area contributed by atoms with Crippen molar-refractivity contribution in [3.63, 3.8) is 0 Å². The number of alkyl halides is 2. The maximum absolute atomic E-state index is 11.9. The molecule has 0 aliphatic heterocycles. The number of hydrogen-bond acceptors (Lipinski definition) is 2. The van der Waals surface area contributed by atoms with Crippen LogP contribution in [-0.4, -0.2) is 10.3 Å². The van der Waals surface area contributed by atoms with Gasteiger partial charge in [0.25, 0.3) is 0 Å². The smallest absolute Gasteiger partial charge is 0.315 e. The Morgan fingerprint density at radius 3 is 2.28 bits per heavy atom. The average molecular weight is 328 g/mol. The van der Waals surface area contributed by atoms with E-state index in [1.165, 1.54) is 0 Å². The number of benzene rings is 1. The van der Waals surface area contributed by atoms with Crippen LogP contribution in [0.25, 0.3) is 0 Å². The van der Waals surface area contributed by atoms with Gasteiger partial charge in [0, 0.05) is 22.0 Å². The summed E-state index contributed by atoms with van der Waals surface area (Å²) in [4.78, 5) is 11.9. The highest BCUT2D eigenvalue weighted by Crippen LogP contribution is 2.64. The van der Waals surface area contributed by atoms with Crippen molar-refractivity contribution >= 4 is 52.4 Å². The van der Waals surface area contributed by atoms with E-state index in [1.54, 1.807) is 25.1 Å². The van der Waals surface area contributed by atoms with Gasteiger partial charge in [-0.2, -0.15) is 0 Å². The Morgan fingerprint density at radius 2 is 1.83 bits per heavy atom. The second-order valence-electron chi connectivity index (χ2n) is 4.49. The largest absolute Gasteiger partial charge is 0.460 e. The second kappa shape index (κ2) is 4.75. The van der Waals surface area contributed by atoms with Crippen molar-refractivity contribution in [2.75, 3.05) is 0 Å². The number of ether oxygens (including phenoxy) is 1. The standard InChI is InChI=1S/C12H10Cl4O2/c1-11(6-12(11,15)16)10(17)18-5-7-8(13)3-2-4-9(7)14/h2-4H,5-6H2,1H3. The van der Waals surface area contributed by atoms with Crippen LogP contribution in [0.4, 0.5) is 0 Å². The Morgan fingerprint density at radius 1 is 1.33 bits per heavy atom. The number of hydrogen-bond donors (Lipinski definition) is 0. The van der Waals surface area contributed by atoms with E-state index in [0.29, 0.717) is 22.0 Å². The van der Waals surface area contributed by atoms with E-state index in [1.807, 2.05) is 0 Å². The quantitative estimate of drug-likeness (QED) is 0.598. The number of carbonyl (C=O) groups excluding carboxylic acids is 1. The molecule has 2 nitrogen and oxygen atoms in total. The minimum atomic E-state index is -1.03. The first-order valence-electron chi connectivity index (χ1n) is 5.26. The Balaban J connectivity index is 2.03. The molecule has 0 bridgehead atoms. The van der Waals surface area contributed by atoms with Gasteiger partial charge in [-0.1, -0.05) is 29.3 Å². The molecule has 1 aliphatic carbocycles. The van der Waals surface area contributed by atoms with Crippen molar-refractivity contribution in [2.45, 2.75) is 24.3 Å². The molecular weight excluding hydrogens is 318 g/mol. The van der Waals surface area contributed by atoms with Crippen molar-refractivity contribution in [1.82, 2.24) is 0 Å². The first-order valence-corrected chi connectivity index (χ1v) is 6.77. The average Bonchev–Trinajstić information content (AvgIpc) is 2.78. The van der Waals surface area contributed by atoms with Crippen LogP contribution in [0.3, 0.4) is 0 Å².